The van der Waals surface area contributed by atoms with Crippen molar-refractivity contribution in [2.45, 2.75) is 13.5 Å². The van der Waals surface area contributed by atoms with E-state index in [0.29, 0.717) is 12.3 Å². The second kappa shape index (κ2) is 8.21. The van der Waals surface area contributed by atoms with Crippen molar-refractivity contribution in [2.24, 2.45) is 0 Å². The van der Waals surface area contributed by atoms with E-state index in [9.17, 15) is 4.39 Å². The summed E-state index contributed by atoms with van der Waals surface area (Å²) in [7, 11) is 1.65. The summed E-state index contributed by atoms with van der Waals surface area (Å²) in [6.07, 6.45) is 0. The Hall–Kier alpha value is -2.27. The maximum absolute atomic E-state index is 13.9. The first-order chi connectivity index (χ1) is 12.2. The van der Waals surface area contributed by atoms with Crippen LogP contribution in [-0.4, -0.2) is 44.8 Å². The molecule has 0 amide bonds. The topological polar surface area (TPSA) is 24.9 Å². The van der Waals surface area contributed by atoms with Gasteiger partial charge in [-0.1, -0.05) is 18.2 Å². The molecule has 0 unspecified atom stereocenters. The highest BCUT2D eigenvalue weighted by molar-refractivity contribution is 5.48. The highest BCUT2D eigenvalue weighted by Gasteiger charge is 2.19. The van der Waals surface area contributed by atoms with E-state index in [2.05, 4.69) is 15.9 Å². The van der Waals surface area contributed by atoms with Gasteiger partial charge in [-0.05, 0) is 36.8 Å². The van der Waals surface area contributed by atoms with Crippen molar-refractivity contribution in [2.75, 3.05) is 44.8 Å². The summed E-state index contributed by atoms with van der Waals surface area (Å²) in [6.45, 7) is 6.91. The van der Waals surface area contributed by atoms with Crippen LogP contribution in [0.5, 0.6) is 11.5 Å². The minimum absolute atomic E-state index is 0.146. The minimum atomic E-state index is -0.146. The maximum atomic E-state index is 13.9. The Labute approximate surface area is 148 Å². The lowest BCUT2D eigenvalue weighted by molar-refractivity contribution is 0.248. The number of rotatable bonds is 6. The van der Waals surface area contributed by atoms with Gasteiger partial charge in [0.25, 0.3) is 0 Å². The third-order valence-corrected chi connectivity index (χ3v) is 4.50. The van der Waals surface area contributed by atoms with Crippen LogP contribution < -0.4 is 14.4 Å². The van der Waals surface area contributed by atoms with E-state index < -0.39 is 0 Å². The fraction of sp³-hybridized carbons (Fsp3) is 0.400. The molecule has 0 atom stereocenters. The molecule has 3 rings (SSSR count). The number of para-hydroxylation sites is 1. The number of methoxy groups -OCH3 is 1. The van der Waals surface area contributed by atoms with Gasteiger partial charge in [0.1, 0.15) is 5.82 Å². The minimum Gasteiger partial charge on any atom is -0.493 e. The first-order valence-electron chi connectivity index (χ1n) is 8.72. The largest absolute Gasteiger partial charge is 0.493 e. The Morgan fingerprint density at radius 3 is 2.44 bits per heavy atom. The Balaban J connectivity index is 1.61. The average Bonchev–Trinajstić information content (AvgIpc) is 2.64. The molecule has 0 N–H and O–H groups in total. The van der Waals surface area contributed by atoms with Gasteiger partial charge >= 0.3 is 0 Å². The lowest BCUT2D eigenvalue weighted by Crippen LogP contribution is -2.46. The first-order valence-corrected chi connectivity index (χ1v) is 8.72. The fourth-order valence-electron chi connectivity index (χ4n) is 3.20. The van der Waals surface area contributed by atoms with Gasteiger partial charge in [-0.3, -0.25) is 4.90 Å². The zero-order valence-electron chi connectivity index (χ0n) is 14.9. The highest BCUT2D eigenvalue weighted by Crippen LogP contribution is 2.29. The predicted molar refractivity (Wildman–Crippen MR) is 98.1 cm³/mol. The summed E-state index contributed by atoms with van der Waals surface area (Å²) in [6, 6.07) is 13.1. The summed E-state index contributed by atoms with van der Waals surface area (Å²) in [5.74, 6) is 1.40. The Morgan fingerprint density at radius 1 is 1.00 bits per heavy atom. The van der Waals surface area contributed by atoms with Gasteiger partial charge in [0.15, 0.2) is 11.5 Å². The van der Waals surface area contributed by atoms with E-state index in [4.69, 9.17) is 9.47 Å². The maximum Gasteiger partial charge on any atom is 0.161 e. The number of hydrogen-bond acceptors (Lipinski definition) is 4. The van der Waals surface area contributed by atoms with Crippen LogP contribution in [0, 0.1) is 5.82 Å². The van der Waals surface area contributed by atoms with Gasteiger partial charge in [-0.25, -0.2) is 4.39 Å². The van der Waals surface area contributed by atoms with Crippen LogP contribution >= 0.6 is 0 Å². The fourth-order valence-corrected chi connectivity index (χ4v) is 3.20. The van der Waals surface area contributed by atoms with Crippen LogP contribution in [0.25, 0.3) is 0 Å². The second-order valence-electron chi connectivity index (χ2n) is 6.13. The summed E-state index contributed by atoms with van der Waals surface area (Å²) in [5, 5.41) is 0. The summed E-state index contributed by atoms with van der Waals surface area (Å²) in [5.41, 5.74) is 1.90. The lowest BCUT2D eigenvalue weighted by Gasteiger charge is -2.36. The average molecular weight is 344 g/mol. The number of ether oxygens (including phenoxy) is 2. The van der Waals surface area contributed by atoms with Crippen LogP contribution in [0.2, 0.25) is 0 Å². The molecule has 0 saturated carbocycles. The molecule has 2 aromatic rings. The van der Waals surface area contributed by atoms with Crippen molar-refractivity contribution in [3.05, 3.63) is 53.8 Å². The standard InChI is InChI=1S/C20H25FN2O2/c1-3-25-20-14-16(8-9-19(20)24-2)15-22-10-12-23(13-11-22)18-7-5-4-6-17(18)21/h4-9,14H,3,10-13,15H2,1-2H3. The van der Waals surface area contributed by atoms with Crippen LogP contribution in [0.3, 0.4) is 0 Å². The molecule has 0 bridgehead atoms. The molecule has 5 heteroatoms. The van der Waals surface area contributed by atoms with Crippen molar-refractivity contribution in [1.29, 1.82) is 0 Å². The summed E-state index contributed by atoms with van der Waals surface area (Å²) in [4.78, 5) is 4.50. The first kappa shape index (κ1) is 17.5. The summed E-state index contributed by atoms with van der Waals surface area (Å²) >= 11 is 0. The van der Waals surface area contributed by atoms with Gasteiger partial charge in [-0.2, -0.15) is 0 Å². The van der Waals surface area contributed by atoms with Crippen molar-refractivity contribution >= 4 is 5.69 Å². The van der Waals surface area contributed by atoms with Gasteiger partial charge in [0.2, 0.25) is 0 Å². The van der Waals surface area contributed by atoms with Crippen LogP contribution in [-0.2, 0) is 6.54 Å². The van der Waals surface area contributed by atoms with Gasteiger partial charge in [0.05, 0.1) is 19.4 Å². The Morgan fingerprint density at radius 2 is 1.76 bits per heavy atom. The number of halogens is 1. The van der Waals surface area contributed by atoms with Crippen molar-refractivity contribution < 1.29 is 13.9 Å². The molecule has 0 aromatic heterocycles. The molecule has 0 spiro atoms. The second-order valence-corrected chi connectivity index (χ2v) is 6.13. The molecule has 1 fully saturated rings. The third kappa shape index (κ3) is 4.23. The number of anilines is 1. The van der Waals surface area contributed by atoms with E-state index in [1.807, 2.05) is 31.2 Å². The van der Waals surface area contributed by atoms with Crippen LogP contribution in [0.1, 0.15) is 12.5 Å². The molecule has 134 valence electrons. The molecule has 0 radical (unpaired) electrons. The number of hydrogen-bond donors (Lipinski definition) is 0. The molecular formula is C20H25FN2O2. The van der Waals surface area contributed by atoms with E-state index >= 15 is 0 Å². The number of nitrogens with zero attached hydrogens (tertiary/aromatic N) is 2. The van der Waals surface area contributed by atoms with Crippen molar-refractivity contribution in [1.82, 2.24) is 4.90 Å². The number of piperazine rings is 1. The monoisotopic (exact) mass is 344 g/mol. The van der Waals surface area contributed by atoms with E-state index in [1.54, 1.807) is 13.2 Å². The zero-order valence-corrected chi connectivity index (χ0v) is 14.9. The molecule has 4 nitrogen and oxygen atoms in total. The lowest BCUT2D eigenvalue weighted by atomic mass is 10.1. The van der Waals surface area contributed by atoms with Gasteiger partial charge in [0, 0.05) is 32.7 Å². The van der Waals surface area contributed by atoms with Crippen molar-refractivity contribution in [3.63, 3.8) is 0 Å². The SMILES string of the molecule is CCOc1cc(CN2CCN(c3ccccc3F)CC2)ccc1OC. The van der Waals surface area contributed by atoms with E-state index in [0.717, 1.165) is 44.2 Å². The molecule has 25 heavy (non-hydrogen) atoms. The molecule has 1 aliphatic rings. The normalized spacial score (nSPS) is 15.2. The van der Waals surface area contributed by atoms with Gasteiger partial charge in [-0.15, -0.1) is 0 Å². The molecule has 1 heterocycles. The van der Waals surface area contributed by atoms with Crippen LogP contribution in [0.4, 0.5) is 10.1 Å². The predicted octanol–water partition coefficient (Wildman–Crippen LogP) is 3.56. The molecule has 0 aliphatic carbocycles. The highest BCUT2D eigenvalue weighted by atomic mass is 19.1. The van der Waals surface area contributed by atoms with E-state index in [-0.39, 0.29) is 5.82 Å². The molecule has 2 aromatic carbocycles. The number of benzene rings is 2. The summed E-state index contributed by atoms with van der Waals surface area (Å²) < 4.78 is 24.9. The molecular weight excluding hydrogens is 319 g/mol. The van der Waals surface area contributed by atoms with Gasteiger partial charge < -0.3 is 14.4 Å². The molecule has 1 saturated heterocycles. The Kier molecular flexibility index (Phi) is 5.76. The third-order valence-electron chi connectivity index (χ3n) is 4.50. The smallest absolute Gasteiger partial charge is 0.161 e. The van der Waals surface area contributed by atoms with E-state index in [1.165, 1.54) is 11.6 Å². The zero-order chi connectivity index (χ0) is 17.6. The quantitative estimate of drug-likeness (QED) is 0.800. The van der Waals surface area contributed by atoms with Crippen LogP contribution in [0.15, 0.2) is 42.5 Å². The van der Waals surface area contributed by atoms with Crippen molar-refractivity contribution in [3.8, 4) is 11.5 Å². The Bertz CT molecular complexity index is 700. The molecule has 1 aliphatic heterocycles.